The molecule has 0 spiro atoms. The van der Waals surface area contributed by atoms with E-state index in [2.05, 4.69) is 15.9 Å². The van der Waals surface area contributed by atoms with Gasteiger partial charge < -0.3 is 5.73 Å². The summed E-state index contributed by atoms with van der Waals surface area (Å²) < 4.78 is 0. The van der Waals surface area contributed by atoms with Crippen LogP contribution in [0.15, 0.2) is 18.2 Å². The van der Waals surface area contributed by atoms with Gasteiger partial charge in [-0.3, -0.25) is 10.1 Å². The van der Waals surface area contributed by atoms with E-state index in [0.717, 1.165) is 5.56 Å². The second-order valence-corrected chi connectivity index (χ2v) is 3.12. The first-order valence-corrected chi connectivity index (χ1v) is 4.83. The maximum absolute atomic E-state index is 10.6. The van der Waals surface area contributed by atoms with Crippen LogP contribution < -0.4 is 5.73 Å². The van der Waals surface area contributed by atoms with Gasteiger partial charge in [0.05, 0.1) is 4.92 Å². The summed E-state index contributed by atoms with van der Waals surface area (Å²) in [5.41, 5.74) is 6.94. The van der Waals surface area contributed by atoms with Crippen molar-refractivity contribution in [3.63, 3.8) is 0 Å². The lowest BCUT2D eigenvalue weighted by Crippen LogP contribution is -1.99. The molecule has 2 N–H and O–H groups in total. The van der Waals surface area contributed by atoms with Gasteiger partial charge in [0.1, 0.15) is 0 Å². The van der Waals surface area contributed by atoms with Gasteiger partial charge in [0.2, 0.25) is 0 Å². The highest BCUT2D eigenvalue weighted by molar-refractivity contribution is 9.08. The number of alkyl halides is 1. The Morgan fingerprint density at radius 3 is 2.69 bits per heavy atom. The molecule has 0 aliphatic heterocycles. The van der Waals surface area contributed by atoms with Crippen LogP contribution in [0.2, 0.25) is 0 Å². The summed E-state index contributed by atoms with van der Waals surface area (Å²) in [7, 11) is 0. The Kier molecular flexibility index (Phi) is 3.39. The molecule has 0 amide bonds. The van der Waals surface area contributed by atoms with Crippen molar-refractivity contribution in [2.45, 2.75) is 11.9 Å². The largest absolute Gasteiger partial charge is 0.326 e. The summed E-state index contributed by atoms with van der Waals surface area (Å²) in [4.78, 5) is 10.2. The van der Waals surface area contributed by atoms with Gasteiger partial charge in [-0.05, 0) is 5.56 Å². The van der Waals surface area contributed by atoms with Crippen LogP contribution in [0.1, 0.15) is 11.1 Å². The van der Waals surface area contributed by atoms with Crippen LogP contribution >= 0.6 is 15.9 Å². The minimum absolute atomic E-state index is 0.125. The van der Waals surface area contributed by atoms with Crippen LogP contribution in [0, 0.1) is 10.1 Å². The first-order valence-electron chi connectivity index (χ1n) is 3.71. The smallest absolute Gasteiger partial charge is 0.273 e. The molecule has 70 valence electrons. The summed E-state index contributed by atoms with van der Waals surface area (Å²) in [6, 6.07) is 5.02. The normalized spacial score (nSPS) is 10.0. The van der Waals surface area contributed by atoms with Crippen molar-refractivity contribution in [2.24, 2.45) is 5.73 Å². The Morgan fingerprint density at radius 1 is 1.54 bits per heavy atom. The van der Waals surface area contributed by atoms with Gasteiger partial charge in [0.25, 0.3) is 5.69 Å². The second kappa shape index (κ2) is 4.34. The molecule has 0 heterocycles. The van der Waals surface area contributed by atoms with Crippen LogP contribution in [0.25, 0.3) is 0 Å². The van der Waals surface area contributed by atoms with Crippen LogP contribution in [0.3, 0.4) is 0 Å². The van der Waals surface area contributed by atoms with Crippen molar-refractivity contribution in [1.82, 2.24) is 0 Å². The number of nitro benzene ring substituents is 1. The highest BCUT2D eigenvalue weighted by Crippen LogP contribution is 2.22. The van der Waals surface area contributed by atoms with E-state index in [9.17, 15) is 10.1 Å². The maximum atomic E-state index is 10.6. The Labute approximate surface area is 84.0 Å². The molecule has 0 atom stereocenters. The van der Waals surface area contributed by atoms with Crippen molar-refractivity contribution in [1.29, 1.82) is 0 Å². The van der Waals surface area contributed by atoms with E-state index < -0.39 is 4.92 Å². The molecule has 0 aliphatic carbocycles. The lowest BCUT2D eigenvalue weighted by atomic mass is 10.1. The van der Waals surface area contributed by atoms with Crippen molar-refractivity contribution in [3.05, 3.63) is 39.4 Å². The number of benzene rings is 1. The molecule has 5 heteroatoms. The number of nitro groups is 1. The fourth-order valence-electron chi connectivity index (χ4n) is 1.02. The summed E-state index contributed by atoms with van der Waals surface area (Å²) in [6.07, 6.45) is 0. The van der Waals surface area contributed by atoms with Crippen LogP contribution in [0.4, 0.5) is 5.69 Å². The monoisotopic (exact) mass is 244 g/mol. The Morgan fingerprint density at radius 2 is 2.23 bits per heavy atom. The predicted molar refractivity (Wildman–Crippen MR) is 53.6 cm³/mol. The molecule has 0 aliphatic rings. The van der Waals surface area contributed by atoms with Gasteiger partial charge in [0.15, 0.2) is 0 Å². The molecule has 0 aromatic heterocycles. The standard InChI is InChI=1S/C8H9BrN2O2/c9-4-7-2-1-6(5-10)3-8(7)11(12)13/h1-3H,4-5,10H2. The molecule has 0 saturated heterocycles. The van der Waals surface area contributed by atoms with Gasteiger partial charge in [-0.25, -0.2) is 0 Å². The molecule has 0 radical (unpaired) electrons. The summed E-state index contributed by atoms with van der Waals surface area (Å²) in [6.45, 7) is 0.323. The van der Waals surface area contributed by atoms with Crippen LogP contribution in [-0.2, 0) is 11.9 Å². The van der Waals surface area contributed by atoms with E-state index in [0.29, 0.717) is 17.4 Å². The number of hydrogen-bond acceptors (Lipinski definition) is 3. The lowest BCUT2D eigenvalue weighted by molar-refractivity contribution is -0.385. The summed E-state index contributed by atoms with van der Waals surface area (Å²) >= 11 is 3.19. The molecule has 1 rings (SSSR count). The van der Waals surface area contributed by atoms with Crippen molar-refractivity contribution in [2.75, 3.05) is 0 Å². The Bertz CT molecular complexity index is 328. The van der Waals surface area contributed by atoms with Gasteiger partial charge in [-0.15, -0.1) is 0 Å². The Balaban J connectivity index is 3.18. The number of hydrogen-bond donors (Lipinski definition) is 1. The van der Waals surface area contributed by atoms with Crippen molar-refractivity contribution in [3.8, 4) is 0 Å². The Hall–Kier alpha value is -0.940. The third kappa shape index (κ3) is 2.26. The van der Waals surface area contributed by atoms with E-state index in [1.165, 1.54) is 6.07 Å². The topological polar surface area (TPSA) is 69.2 Å². The quantitative estimate of drug-likeness (QED) is 0.502. The first kappa shape index (κ1) is 10.1. The highest BCUT2D eigenvalue weighted by Gasteiger charge is 2.12. The predicted octanol–water partition coefficient (Wildman–Crippen LogP) is 1.95. The fraction of sp³-hybridized carbons (Fsp3) is 0.250. The van der Waals surface area contributed by atoms with Gasteiger partial charge >= 0.3 is 0 Å². The molecular weight excluding hydrogens is 236 g/mol. The highest BCUT2D eigenvalue weighted by atomic mass is 79.9. The number of nitrogens with zero attached hydrogens (tertiary/aromatic N) is 1. The lowest BCUT2D eigenvalue weighted by Gasteiger charge is -2.01. The minimum atomic E-state index is -0.393. The molecule has 1 aromatic carbocycles. The summed E-state index contributed by atoms with van der Waals surface area (Å²) in [5, 5.41) is 11.1. The number of rotatable bonds is 3. The van der Waals surface area contributed by atoms with Crippen molar-refractivity contribution < 1.29 is 4.92 Å². The molecule has 4 nitrogen and oxygen atoms in total. The second-order valence-electron chi connectivity index (χ2n) is 2.56. The molecule has 0 fully saturated rings. The minimum Gasteiger partial charge on any atom is -0.326 e. The first-order chi connectivity index (χ1) is 6.19. The molecule has 13 heavy (non-hydrogen) atoms. The zero-order valence-corrected chi connectivity index (χ0v) is 8.45. The number of halogens is 1. The molecule has 1 aromatic rings. The van der Waals surface area contributed by atoms with E-state index in [1.54, 1.807) is 12.1 Å². The molecule has 0 bridgehead atoms. The van der Waals surface area contributed by atoms with Gasteiger partial charge in [0, 0.05) is 23.5 Å². The fourth-order valence-corrected chi connectivity index (χ4v) is 1.49. The molecule has 0 unspecified atom stereocenters. The summed E-state index contributed by atoms with van der Waals surface area (Å²) in [5.74, 6) is 0. The average molecular weight is 245 g/mol. The van der Waals surface area contributed by atoms with Crippen molar-refractivity contribution >= 4 is 21.6 Å². The molecule has 0 saturated carbocycles. The zero-order chi connectivity index (χ0) is 9.84. The zero-order valence-electron chi connectivity index (χ0n) is 6.87. The van der Waals surface area contributed by atoms with E-state index >= 15 is 0 Å². The molecular formula is C8H9BrN2O2. The van der Waals surface area contributed by atoms with E-state index in [-0.39, 0.29) is 5.69 Å². The average Bonchev–Trinajstić information content (AvgIpc) is 2.16. The van der Waals surface area contributed by atoms with Gasteiger partial charge in [-0.2, -0.15) is 0 Å². The van der Waals surface area contributed by atoms with E-state index in [4.69, 9.17) is 5.73 Å². The third-order valence-corrected chi connectivity index (χ3v) is 2.33. The van der Waals surface area contributed by atoms with Crippen LogP contribution in [0.5, 0.6) is 0 Å². The van der Waals surface area contributed by atoms with Gasteiger partial charge in [-0.1, -0.05) is 28.1 Å². The number of nitrogens with two attached hydrogens (primary N) is 1. The van der Waals surface area contributed by atoms with Crippen LogP contribution in [-0.4, -0.2) is 4.92 Å². The maximum Gasteiger partial charge on any atom is 0.273 e. The SMILES string of the molecule is NCc1ccc(CBr)c([N+](=O)[O-])c1. The third-order valence-electron chi connectivity index (χ3n) is 1.73. The van der Waals surface area contributed by atoms with E-state index in [1.807, 2.05) is 0 Å².